The normalized spacial score (nSPS) is 24.7. The van der Waals surface area contributed by atoms with Crippen LogP contribution in [0.25, 0.3) is 0 Å². The van der Waals surface area contributed by atoms with E-state index in [0.717, 1.165) is 5.92 Å². The summed E-state index contributed by atoms with van der Waals surface area (Å²) >= 11 is 0. The van der Waals surface area contributed by atoms with Gasteiger partial charge in [-0.05, 0) is 37.0 Å². The summed E-state index contributed by atoms with van der Waals surface area (Å²) in [5.74, 6) is 1.24. The molecule has 2 atom stereocenters. The van der Waals surface area contributed by atoms with E-state index in [1.54, 1.807) is 0 Å². The second-order valence-corrected chi connectivity index (χ2v) is 5.33. The molecule has 0 saturated heterocycles. The van der Waals surface area contributed by atoms with Crippen molar-refractivity contribution in [2.24, 2.45) is 17.3 Å². The second kappa shape index (κ2) is 4.00. The molecule has 2 unspecified atom stereocenters. The molecule has 1 nitrogen and oxygen atoms in total. The molecule has 0 spiro atoms. The first kappa shape index (κ1) is 11.0. The lowest BCUT2D eigenvalue weighted by Gasteiger charge is -2.39. The first-order valence-electron chi connectivity index (χ1n) is 5.64. The number of aliphatic hydroxyl groups is 1. The van der Waals surface area contributed by atoms with Crippen LogP contribution in [-0.4, -0.2) is 11.2 Å². The average Bonchev–Trinajstić information content (AvgIpc) is 2.54. The zero-order valence-electron chi connectivity index (χ0n) is 9.51. The van der Waals surface area contributed by atoms with Crippen molar-refractivity contribution in [3.63, 3.8) is 0 Å². The minimum atomic E-state index is -0.171. The van der Waals surface area contributed by atoms with Crippen LogP contribution in [0.3, 0.4) is 0 Å². The Morgan fingerprint density at radius 2 is 1.62 bits per heavy atom. The smallest absolute Gasteiger partial charge is 0.0542 e. The van der Waals surface area contributed by atoms with Gasteiger partial charge in [0.1, 0.15) is 0 Å². The second-order valence-electron chi connectivity index (χ2n) is 5.33. The first-order chi connectivity index (χ1) is 5.96. The van der Waals surface area contributed by atoms with E-state index in [4.69, 9.17) is 0 Å². The van der Waals surface area contributed by atoms with Crippen LogP contribution in [0.4, 0.5) is 0 Å². The van der Waals surface area contributed by atoms with Gasteiger partial charge in [-0.2, -0.15) is 0 Å². The molecule has 1 fully saturated rings. The summed E-state index contributed by atoms with van der Waals surface area (Å²) in [6.07, 6.45) is 5.34. The Balaban J connectivity index is 2.62. The summed E-state index contributed by atoms with van der Waals surface area (Å²) in [4.78, 5) is 0. The molecule has 0 bridgehead atoms. The van der Waals surface area contributed by atoms with Crippen LogP contribution in [0.1, 0.15) is 53.4 Å². The van der Waals surface area contributed by atoms with Crippen LogP contribution in [0.15, 0.2) is 0 Å². The summed E-state index contributed by atoms with van der Waals surface area (Å²) in [5.41, 5.74) is 0.310. The summed E-state index contributed by atoms with van der Waals surface area (Å²) in [5, 5.41) is 9.62. The van der Waals surface area contributed by atoms with Gasteiger partial charge in [0.15, 0.2) is 0 Å². The molecule has 0 aliphatic heterocycles. The molecule has 0 aromatic carbocycles. The van der Waals surface area contributed by atoms with Gasteiger partial charge in [0.2, 0.25) is 0 Å². The highest BCUT2D eigenvalue weighted by Gasteiger charge is 2.37. The lowest BCUT2D eigenvalue weighted by Crippen LogP contribution is -2.35. The fourth-order valence-corrected chi connectivity index (χ4v) is 2.66. The Hall–Kier alpha value is -0.0400. The third kappa shape index (κ3) is 2.25. The van der Waals surface area contributed by atoms with Gasteiger partial charge in [0.05, 0.1) is 6.10 Å². The number of aliphatic hydroxyl groups excluding tert-OH is 1. The highest BCUT2D eigenvalue weighted by Crippen LogP contribution is 2.45. The Kier molecular flexibility index (Phi) is 3.39. The van der Waals surface area contributed by atoms with Crippen molar-refractivity contribution in [2.75, 3.05) is 0 Å². The Morgan fingerprint density at radius 1 is 1.15 bits per heavy atom. The maximum atomic E-state index is 9.62. The fraction of sp³-hybridized carbons (Fsp3) is 1.00. The third-order valence-electron chi connectivity index (χ3n) is 4.30. The van der Waals surface area contributed by atoms with Gasteiger partial charge in [-0.3, -0.25) is 0 Å². The average molecular weight is 184 g/mol. The lowest BCUT2D eigenvalue weighted by atomic mass is 9.67. The summed E-state index contributed by atoms with van der Waals surface area (Å²) in [7, 11) is 0. The van der Waals surface area contributed by atoms with Gasteiger partial charge in [-0.25, -0.2) is 0 Å². The van der Waals surface area contributed by atoms with E-state index >= 15 is 0 Å². The molecule has 0 radical (unpaired) electrons. The van der Waals surface area contributed by atoms with E-state index in [0.29, 0.717) is 11.3 Å². The van der Waals surface area contributed by atoms with E-state index in [1.807, 2.05) is 6.92 Å². The molecule has 1 aliphatic carbocycles. The monoisotopic (exact) mass is 184 g/mol. The summed E-state index contributed by atoms with van der Waals surface area (Å²) in [6, 6.07) is 0. The zero-order valence-corrected chi connectivity index (χ0v) is 9.51. The van der Waals surface area contributed by atoms with E-state index in [1.165, 1.54) is 25.7 Å². The molecule has 1 heteroatoms. The molecule has 1 N–H and O–H groups in total. The van der Waals surface area contributed by atoms with E-state index in [9.17, 15) is 5.11 Å². The van der Waals surface area contributed by atoms with Gasteiger partial charge < -0.3 is 5.11 Å². The Bertz CT molecular complexity index is 151. The van der Waals surface area contributed by atoms with E-state index in [2.05, 4.69) is 20.8 Å². The van der Waals surface area contributed by atoms with Crippen LogP contribution in [0, 0.1) is 17.3 Å². The number of rotatable bonds is 3. The molecular weight excluding hydrogens is 160 g/mol. The van der Waals surface area contributed by atoms with Crippen LogP contribution < -0.4 is 0 Å². The SMILES string of the molecule is CC(O)C(C)C(C)(C)C1CCCC1. The van der Waals surface area contributed by atoms with E-state index < -0.39 is 0 Å². The Morgan fingerprint density at radius 3 is 2.00 bits per heavy atom. The lowest BCUT2D eigenvalue weighted by molar-refractivity contribution is 0.0229. The highest BCUT2D eigenvalue weighted by molar-refractivity contribution is 4.87. The third-order valence-corrected chi connectivity index (χ3v) is 4.30. The largest absolute Gasteiger partial charge is 0.393 e. The molecule has 13 heavy (non-hydrogen) atoms. The molecule has 0 heterocycles. The summed E-state index contributed by atoms with van der Waals surface area (Å²) in [6.45, 7) is 8.74. The fourth-order valence-electron chi connectivity index (χ4n) is 2.66. The molecule has 78 valence electrons. The van der Waals surface area contributed by atoms with Gasteiger partial charge in [0.25, 0.3) is 0 Å². The molecule has 0 aromatic heterocycles. The minimum absolute atomic E-state index is 0.171. The van der Waals surface area contributed by atoms with Crippen LogP contribution in [0.5, 0.6) is 0 Å². The van der Waals surface area contributed by atoms with Crippen LogP contribution >= 0.6 is 0 Å². The summed E-state index contributed by atoms with van der Waals surface area (Å²) < 4.78 is 0. The Labute approximate surface area is 82.5 Å². The minimum Gasteiger partial charge on any atom is -0.393 e. The van der Waals surface area contributed by atoms with Crippen LogP contribution in [0.2, 0.25) is 0 Å². The van der Waals surface area contributed by atoms with Crippen molar-refractivity contribution in [1.29, 1.82) is 0 Å². The van der Waals surface area contributed by atoms with Gasteiger partial charge in [-0.15, -0.1) is 0 Å². The highest BCUT2D eigenvalue weighted by atomic mass is 16.3. The van der Waals surface area contributed by atoms with Crippen molar-refractivity contribution in [3.05, 3.63) is 0 Å². The van der Waals surface area contributed by atoms with Gasteiger partial charge >= 0.3 is 0 Å². The van der Waals surface area contributed by atoms with Crippen molar-refractivity contribution in [2.45, 2.75) is 59.5 Å². The van der Waals surface area contributed by atoms with Crippen molar-refractivity contribution >= 4 is 0 Å². The maximum absolute atomic E-state index is 9.62. The molecule has 0 aromatic rings. The quantitative estimate of drug-likeness (QED) is 0.714. The molecule has 1 aliphatic rings. The molecule has 0 amide bonds. The van der Waals surface area contributed by atoms with Gasteiger partial charge in [-0.1, -0.05) is 33.6 Å². The number of hydrogen-bond donors (Lipinski definition) is 1. The van der Waals surface area contributed by atoms with Gasteiger partial charge in [0, 0.05) is 0 Å². The maximum Gasteiger partial charge on any atom is 0.0542 e. The first-order valence-corrected chi connectivity index (χ1v) is 5.64. The van der Waals surface area contributed by atoms with Crippen molar-refractivity contribution in [3.8, 4) is 0 Å². The standard InChI is InChI=1S/C12H24O/c1-9(10(2)13)12(3,4)11-7-5-6-8-11/h9-11,13H,5-8H2,1-4H3. The number of hydrogen-bond acceptors (Lipinski definition) is 1. The van der Waals surface area contributed by atoms with Crippen molar-refractivity contribution < 1.29 is 5.11 Å². The topological polar surface area (TPSA) is 20.2 Å². The predicted molar refractivity (Wildman–Crippen MR) is 56.6 cm³/mol. The van der Waals surface area contributed by atoms with E-state index in [-0.39, 0.29) is 6.10 Å². The predicted octanol–water partition coefficient (Wildman–Crippen LogP) is 3.22. The zero-order chi connectivity index (χ0) is 10.1. The van der Waals surface area contributed by atoms with Crippen LogP contribution in [-0.2, 0) is 0 Å². The molecule has 1 saturated carbocycles. The molecular formula is C12H24O. The van der Waals surface area contributed by atoms with Crippen molar-refractivity contribution in [1.82, 2.24) is 0 Å². The molecule has 1 rings (SSSR count).